The van der Waals surface area contributed by atoms with E-state index in [4.69, 9.17) is 42.3 Å². The van der Waals surface area contributed by atoms with Crippen LogP contribution in [0.4, 0.5) is 0 Å². The monoisotopic (exact) mass is 626 g/mol. The van der Waals surface area contributed by atoms with E-state index in [2.05, 4.69) is 10.6 Å². The Morgan fingerprint density at radius 1 is 0.953 bits per heavy atom. The summed E-state index contributed by atoms with van der Waals surface area (Å²) >= 11 is 0. The lowest BCUT2D eigenvalue weighted by molar-refractivity contribution is -0.306. The van der Waals surface area contributed by atoms with Crippen molar-refractivity contribution in [1.29, 1.82) is 0 Å². The standard InChI is InChI=1S/C25H50N6O12/c26-2-1-13(35)24(40)31-12-3-10(27)17(22-11(28)4-14(36)15(41-22)6-30-5-9(34)7-32)20(38)23(12)43-25-21(39)18(29)19(37)16(8-33)42-25/h9-23,25,30,32-39H,1-8,26-29H2,(H,31,40)/t9?,10-,11+,12+,13-,14-,15+,16+,17?,18-,19+,20-,21+,22-,23-,25+/m0/s1. The van der Waals surface area contributed by atoms with Crippen molar-refractivity contribution < 1.29 is 59.9 Å². The molecule has 18 nitrogen and oxygen atoms in total. The van der Waals surface area contributed by atoms with Crippen LogP contribution in [0.25, 0.3) is 0 Å². The molecule has 1 aliphatic carbocycles. The van der Waals surface area contributed by atoms with Crippen LogP contribution in [-0.4, -0.2) is 171 Å². The van der Waals surface area contributed by atoms with Gasteiger partial charge in [0.2, 0.25) is 5.91 Å². The molecule has 2 saturated heterocycles. The number of ether oxygens (including phenoxy) is 3. The van der Waals surface area contributed by atoms with Gasteiger partial charge in [-0.05, 0) is 25.8 Å². The number of carbonyl (C=O) groups is 1. The maximum absolute atomic E-state index is 12.7. The molecule has 43 heavy (non-hydrogen) atoms. The number of carbonyl (C=O) groups excluding carboxylic acids is 1. The molecule has 18 heteroatoms. The van der Waals surface area contributed by atoms with E-state index in [0.29, 0.717) is 0 Å². The maximum Gasteiger partial charge on any atom is 0.249 e. The van der Waals surface area contributed by atoms with Gasteiger partial charge in [0.15, 0.2) is 6.29 Å². The Morgan fingerprint density at radius 2 is 1.65 bits per heavy atom. The van der Waals surface area contributed by atoms with E-state index in [0.717, 1.165) is 0 Å². The van der Waals surface area contributed by atoms with Crippen LogP contribution in [0, 0.1) is 5.92 Å². The molecule has 252 valence electrons. The van der Waals surface area contributed by atoms with E-state index in [1.165, 1.54) is 0 Å². The average molecular weight is 627 g/mol. The van der Waals surface area contributed by atoms with Gasteiger partial charge in [0.1, 0.15) is 30.5 Å². The zero-order chi connectivity index (χ0) is 32.0. The van der Waals surface area contributed by atoms with E-state index in [1.807, 2.05) is 0 Å². The first-order chi connectivity index (χ1) is 20.3. The third-order valence-corrected chi connectivity index (χ3v) is 8.46. The number of hydrogen-bond donors (Lipinski definition) is 14. The molecular weight excluding hydrogens is 576 g/mol. The topological polar surface area (TPSA) is 335 Å². The second kappa shape index (κ2) is 16.4. The predicted molar refractivity (Wildman–Crippen MR) is 148 cm³/mol. The van der Waals surface area contributed by atoms with Gasteiger partial charge < -0.3 is 88.6 Å². The average Bonchev–Trinajstić information content (AvgIpc) is 2.96. The van der Waals surface area contributed by atoms with Crippen molar-refractivity contribution in [2.45, 2.75) is 111 Å². The SMILES string of the molecule is NCC[C@H](O)C(=O)N[C@@H]1C[C@H](N)C([C@H]2O[C@H](CNCC(O)CO)[C@@H](O)C[C@H]2N)[C@H](O)[C@H]1O[C@H]1O[C@H](CO)[C@@H](O)[C@H](N)[C@H]1O. The summed E-state index contributed by atoms with van der Waals surface area (Å²) in [5.41, 5.74) is 24.3. The molecule has 0 aromatic heterocycles. The number of hydrogen-bond acceptors (Lipinski definition) is 17. The fourth-order valence-electron chi connectivity index (χ4n) is 5.98. The summed E-state index contributed by atoms with van der Waals surface area (Å²) in [6, 6.07) is -3.91. The molecular formula is C25H50N6O12. The van der Waals surface area contributed by atoms with Crippen LogP contribution >= 0.6 is 0 Å². The van der Waals surface area contributed by atoms with Crippen LogP contribution in [0.15, 0.2) is 0 Å². The smallest absolute Gasteiger partial charge is 0.249 e. The van der Waals surface area contributed by atoms with Gasteiger partial charge >= 0.3 is 0 Å². The van der Waals surface area contributed by atoms with Crippen LogP contribution in [0.2, 0.25) is 0 Å². The van der Waals surface area contributed by atoms with Crippen molar-refractivity contribution in [3.8, 4) is 0 Å². The van der Waals surface area contributed by atoms with E-state index in [1.54, 1.807) is 0 Å². The van der Waals surface area contributed by atoms with Crippen molar-refractivity contribution >= 4 is 5.91 Å². The van der Waals surface area contributed by atoms with Gasteiger partial charge in [-0.1, -0.05) is 0 Å². The Kier molecular flexibility index (Phi) is 13.9. The lowest BCUT2D eigenvalue weighted by Gasteiger charge is -2.51. The largest absolute Gasteiger partial charge is 0.394 e. The van der Waals surface area contributed by atoms with Crippen molar-refractivity contribution in [3.63, 3.8) is 0 Å². The highest BCUT2D eigenvalue weighted by atomic mass is 16.7. The Balaban J connectivity index is 1.85. The van der Waals surface area contributed by atoms with Crippen molar-refractivity contribution in [2.24, 2.45) is 28.9 Å². The van der Waals surface area contributed by atoms with Gasteiger partial charge in [-0.2, -0.15) is 0 Å². The number of aliphatic hydroxyl groups excluding tert-OH is 8. The molecule has 3 aliphatic rings. The predicted octanol–water partition coefficient (Wildman–Crippen LogP) is -8.17. The molecule has 0 bridgehead atoms. The number of rotatable bonds is 13. The molecule has 1 saturated carbocycles. The summed E-state index contributed by atoms with van der Waals surface area (Å²) in [6.07, 6.45) is -13.7. The van der Waals surface area contributed by atoms with Gasteiger partial charge in [0, 0.05) is 31.1 Å². The van der Waals surface area contributed by atoms with Crippen LogP contribution in [0.5, 0.6) is 0 Å². The van der Waals surface area contributed by atoms with Gasteiger partial charge in [0.25, 0.3) is 0 Å². The van der Waals surface area contributed by atoms with Crippen LogP contribution in [0.1, 0.15) is 19.3 Å². The lowest BCUT2D eigenvalue weighted by atomic mass is 9.72. The first kappa shape index (κ1) is 36.3. The number of nitrogens with two attached hydrogens (primary N) is 4. The molecule has 0 aromatic rings. The Bertz CT molecular complexity index is 866. The summed E-state index contributed by atoms with van der Waals surface area (Å²) in [5, 5.41) is 87.2. The Hall–Kier alpha value is -1.17. The Labute approximate surface area is 249 Å². The van der Waals surface area contributed by atoms with E-state index >= 15 is 0 Å². The number of aliphatic hydroxyl groups is 8. The molecule has 3 fully saturated rings. The van der Waals surface area contributed by atoms with Gasteiger partial charge in [-0.15, -0.1) is 0 Å². The molecule has 18 N–H and O–H groups in total. The minimum Gasteiger partial charge on any atom is -0.394 e. The minimum absolute atomic E-state index is 0.00482. The van der Waals surface area contributed by atoms with Crippen molar-refractivity contribution in [1.82, 2.24) is 10.6 Å². The molecule has 2 heterocycles. The molecule has 3 rings (SSSR count). The van der Waals surface area contributed by atoms with Crippen LogP contribution in [0.3, 0.4) is 0 Å². The van der Waals surface area contributed by atoms with E-state index in [-0.39, 0.29) is 38.9 Å². The third kappa shape index (κ3) is 8.76. The van der Waals surface area contributed by atoms with Gasteiger partial charge in [-0.25, -0.2) is 0 Å². The second-order valence-corrected chi connectivity index (χ2v) is 11.7. The molecule has 2 aliphatic heterocycles. The quantitative estimate of drug-likeness (QED) is 0.0902. The lowest BCUT2D eigenvalue weighted by Crippen LogP contribution is -2.70. The van der Waals surface area contributed by atoms with Crippen LogP contribution < -0.4 is 33.6 Å². The minimum atomic E-state index is -1.59. The summed E-state index contributed by atoms with van der Waals surface area (Å²) in [7, 11) is 0. The van der Waals surface area contributed by atoms with Gasteiger partial charge in [-0.3, -0.25) is 4.79 Å². The Morgan fingerprint density at radius 3 is 2.28 bits per heavy atom. The van der Waals surface area contributed by atoms with E-state index < -0.39 is 117 Å². The zero-order valence-corrected chi connectivity index (χ0v) is 23.9. The fourth-order valence-corrected chi connectivity index (χ4v) is 5.98. The first-order valence-corrected chi connectivity index (χ1v) is 14.6. The highest BCUT2D eigenvalue weighted by Gasteiger charge is 2.53. The number of nitrogens with one attached hydrogen (secondary N) is 2. The van der Waals surface area contributed by atoms with Crippen LogP contribution in [-0.2, 0) is 19.0 Å². The fraction of sp³-hybridized carbons (Fsp3) is 0.960. The second-order valence-electron chi connectivity index (χ2n) is 11.7. The molecule has 0 radical (unpaired) electrons. The normalized spacial score (nSPS) is 43.6. The zero-order valence-electron chi connectivity index (χ0n) is 23.9. The highest BCUT2D eigenvalue weighted by Crippen LogP contribution is 2.36. The molecule has 0 aromatic carbocycles. The van der Waals surface area contributed by atoms with E-state index in [9.17, 15) is 40.5 Å². The van der Waals surface area contributed by atoms with Crippen molar-refractivity contribution in [3.05, 3.63) is 0 Å². The summed E-state index contributed by atoms with van der Waals surface area (Å²) in [4.78, 5) is 12.7. The third-order valence-electron chi connectivity index (χ3n) is 8.46. The molecule has 0 spiro atoms. The first-order valence-electron chi connectivity index (χ1n) is 14.6. The summed E-state index contributed by atoms with van der Waals surface area (Å²) in [6.45, 7) is -0.949. The summed E-state index contributed by atoms with van der Waals surface area (Å²) < 4.78 is 17.7. The highest BCUT2D eigenvalue weighted by molar-refractivity contribution is 5.80. The molecule has 2 unspecified atom stereocenters. The molecule has 16 atom stereocenters. The van der Waals surface area contributed by atoms with Gasteiger partial charge in [0.05, 0.1) is 55.8 Å². The number of amides is 1. The van der Waals surface area contributed by atoms with Crippen molar-refractivity contribution in [2.75, 3.05) is 32.8 Å². The summed E-state index contributed by atoms with van der Waals surface area (Å²) in [5.74, 6) is -1.72. The molecule has 1 amide bonds. The maximum atomic E-state index is 12.7.